The Bertz CT molecular complexity index is 630. The molecule has 7 heteroatoms. The average Bonchev–Trinajstić information content (AvgIpc) is 3.25. The van der Waals surface area contributed by atoms with E-state index >= 15 is 0 Å². The van der Waals surface area contributed by atoms with Crippen LogP contribution in [0.3, 0.4) is 0 Å². The van der Waals surface area contributed by atoms with Crippen molar-refractivity contribution in [3.05, 3.63) is 18.2 Å². The van der Waals surface area contributed by atoms with Crippen LogP contribution in [0.15, 0.2) is 12.5 Å². The summed E-state index contributed by atoms with van der Waals surface area (Å²) in [6.45, 7) is 1.66. The molecule has 2 heterocycles. The van der Waals surface area contributed by atoms with Crippen molar-refractivity contribution >= 4 is 5.97 Å². The molecule has 4 rings (SSSR count). The van der Waals surface area contributed by atoms with Crippen LogP contribution in [-0.2, 0) is 20.8 Å². The van der Waals surface area contributed by atoms with Crippen LogP contribution in [0.5, 0.6) is 0 Å². The number of fused-ring (bicyclic) bond motifs is 1. The average molecular weight is 349 g/mol. The number of hydrogen-bond acceptors (Lipinski definition) is 5. The van der Waals surface area contributed by atoms with Gasteiger partial charge in [-0.25, -0.2) is 9.78 Å². The maximum absolute atomic E-state index is 10.8. The molecule has 1 aromatic heterocycles. The Balaban J connectivity index is 1.46. The van der Waals surface area contributed by atoms with Crippen molar-refractivity contribution in [2.24, 2.45) is 0 Å². The first-order chi connectivity index (χ1) is 12.1. The Labute approximate surface area is 147 Å². The molecule has 0 radical (unpaired) electrons. The lowest BCUT2D eigenvalue weighted by atomic mass is 9.79. The van der Waals surface area contributed by atoms with Gasteiger partial charge in [-0.05, 0) is 38.5 Å². The van der Waals surface area contributed by atoms with Gasteiger partial charge in [0.1, 0.15) is 6.61 Å². The molecule has 138 valence electrons. The van der Waals surface area contributed by atoms with Gasteiger partial charge >= 0.3 is 5.97 Å². The number of hydrogen-bond donors (Lipinski definition) is 1. The Morgan fingerprint density at radius 3 is 2.96 bits per heavy atom. The van der Waals surface area contributed by atoms with Gasteiger partial charge < -0.3 is 19.1 Å². The summed E-state index contributed by atoms with van der Waals surface area (Å²) in [6, 6.07) is 0.901. The summed E-state index contributed by atoms with van der Waals surface area (Å²) in [7, 11) is 1.81. The van der Waals surface area contributed by atoms with Gasteiger partial charge in [-0.2, -0.15) is 0 Å². The van der Waals surface area contributed by atoms with Gasteiger partial charge in [0.2, 0.25) is 0 Å². The van der Waals surface area contributed by atoms with E-state index in [2.05, 4.69) is 14.5 Å². The predicted molar refractivity (Wildman–Crippen MR) is 90.3 cm³/mol. The zero-order valence-corrected chi connectivity index (χ0v) is 14.8. The smallest absolute Gasteiger partial charge is 0.329 e. The van der Waals surface area contributed by atoms with Crippen LogP contribution in [0.4, 0.5) is 0 Å². The minimum Gasteiger partial charge on any atom is -0.480 e. The fraction of sp³-hybridized carbons (Fsp3) is 0.778. The van der Waals surface area contributed by atoms with E-state index in [1.807, 2.05) is 19.6 Å². The summed E-state index contributed by atoms with van der Waals surface area (Å²) in [6.07, 6.45) is 10.1. The molecule has 1 N–H and O–H groups in total. The minimum atomic E-state index is -0.903. The molecule has 7 nitrogen and oxygen atoms in total. The van der Waals surface area contributed by atoms with E-state index in [4.69, 9.17) is 14.6 Å². The normalized spacial score (nSPS) is 32.7. The Morgan fingerprint density at radius 2 is 2.24 bits per heavy atom. The molecule has 1 aromatic rings. The van der Waals surface area contributed by atoms with Crippen LogP contribution in [0, 0.1) is 0 Å². The zero-order chi connectivity index (χ0) is 17.4. The van der Waals surface area contributed by atoms with Gasteiger partial charge in [0.25, 0.3) is 0 Å². The molecule has 0 aromatic carbocycles. The molecule has 3 aliphatic rings. The lowest BCUT2D eigenvalue weighted by molar-refractivity contribution is -0.148. The topological polar surface area (TPSA) is 76.8 Å². The highest BCUT2D eigenvalue weighted by atomic mass is 16.5. The first-order valence-corrected chi connectivity index (χ1v) is 9.24. The molecule has 1 aliphatic heterocycles. The number of aliphatic carboxylic acids is 1. The summed E-state index contributed by atoms with van der Waals surface area (Å²) in [5.41, 5.74) is 1.15. The molecular formula is C18H27N3O4. The van der Waals surface area contributed by atoms with E-state index in [-0.39, 0.29) is 24.4 Å². The fourth-order valence-corrected chi connectivity index (χ4v) is 4.63. The van der Waals surface area contributed by atoms with Crippen molar-refractivity contribution in [2.75, 3.05) is 20.3 Å². The predicted octanol–water partition coefficient (Wildman–Crippen LogP) is 1.83. The molecule has 0 bridgehead atoms. The third-order valence-corrected chi connectivity index (χ3v) is 6.15. The number of ether oxygens (including phenoxy) is 2. The van der Waals surface area contributed by atoms with Crippen molar-refractivity contribution in [3.8, 4) is 0 Å². The molecule has 3 fully saturated rings. The van der Waals surface area contributed by atoms with Crippen LogP contribution in [0.1, 0.15) is 50.3 Å². The Morgan fingerprint density at radius 1 is 1.40 bits per heavy atom. The van der Waals surface area contributed by atoms with E-state index in [0.717, 1.165) is 38.8 Å². The molecule has 0 amide bonds. The monoisotopic (exact) mass is 349 g/mol. The number of carboxylic acids is 1. The number of imidazole rings is 1. The zero-order valence-electron chi connectivity index (χ0n) is 14.8. The Hall–Kier alpha value is -1.44. The van der Waals surface area contributed by atoms with Crippen molar-refractivity contribution in [1.82, 2.24) is 14.5 Å². The van der Waals surface area contributed by atoms with Crippen molar-refractivity contribution in [1.29, 1.82) is 0 Å². The van der Waals surface area contributed by atoms with Gasteiger partial charge in [0.05, 0.1) is 23.7 Å². The summed E-state index contributed by atoms with van der Waals surface area (Å²) in [5, 5.41) is 8.87. The first-order valence-electron chi connectivity index (χ1n) is 9.24. The number of carboxylic acid groups (broad SMARTS) is 1. The largest absolute Gasteiger partial charge is 0.480 e. The third-order valence-electron chi connectivity index (χ3n) is 6.15. The van der Waals surface area contributed by atoms with Gasteiger partial charge in [-0.3, -0.25) is 4.90 Å². The summed E-state index contributed by atoms with van der Waals surface area (Å²) in [4.78, 5) is 17.6. The highest BCUT2D eigenvalue weighted by Crippen LogP contribution is 2.44. The quantitative estimate of drug-likeness (QED) is 0.809. The molecule has 2 aliphatic carbocycles. The maximum atomic E-state index is 10.8. The molecule has 25 heavy (non-hydrogen) atoms. The van der Waals surface area contributed by atoms with Crippen LogP contribution < -0.4 is 0 Å². The second kappa shape index (κ2) is 6.70. The number of methoxy groups -OCH3 is 1. The van der Waals surface area contributed by atoms with Gasteiger partial charge in [0, 0.05) is 38.5 Å². The van der Waals surface area contributed by atoms with Gasteiger partial charge in [0.15, 0.2) is 0 Å². The Kier molecular flexibility index (Phi) is 4.56. The van der Waals surface area contributed by atoms with E-state index in [1.54, 1.807) is 0 Å². The van der Waals surface area contributed by atoms with E-state index in [9.17, 15) is 4.79 Å². The number of likely N-dealkylation sites (tertiary alicyclic amines) is 1. The fourth-order valence-electron chi connectivity index (χ4n) is 4.63. The summed E-state index contributed by atoms with van der Waals surface area (Å²) < 4.78 is 13.9. The summed E-state index contributed by atoms with van der Waals surface area (Å²) in [5.74, 6) is -0.903. The van der Waals surface area contributed by atoms with Crippen LogP contribution >= 0.6 is 0 Å². The number of rotatable bonds is 7. The van der Waals surface area contributed by atoms with Gasteiger partial charge in [-0.15, -0.1) is 0 Å². The van der Waals surface area contributed by atoms with Gasteiger partial charge in [-0.1, -0.05) is 0 Å². The first kappa shape index (κ1) is 17.0. The van der Waals surface area contributed by atoms with Crippen molar-refractivity contribution in [2.45, 2.75) is 68.9 Å². The van der Waals surface area contributed by atoms with Crippen molar-refractivity contribution in [3.63, 3.8) is 0 Å². The highest BCUT2D eigenvalue weighted by Gasteiger charge is 2.51. The SMILES string of the molecule is CO[C@@]12CC[C@@H](OCC(=O)O)C[C@@H]1N(Cc1cncn1C1CC1)CC2. The molecule has 3 atom stereocenters. The lowest BCUT2D eigenvalue weighted by Crippen LogP contribution is -2.51. The second-order valence-electron chi connectivity index (χ2n) is 7.63. The maximum Gasteiger partial charge on any atom is 0.329 e. The summed E-state index contributed by atoms with van der Waals surface area (Å²) >= 11 is 0. The number of nitrogens with zero attached hydrogens (tertiary/aromatic N) is 3. The van der Waals surface area contributed by atoms with Crippen LogP contribution in [0.25, 0.3) is 0 Å². The molecule has 0 spiro atoms. The lowest BCUT2D eigenvalue weighted by Gasteiger charge is -2.43. The number of aromatic nitrogens is 2. The molecular weight excluding hydrogens is 322 g/mol. The molecule has 1 saturated heterocycles. The highest BCUT2D eigenvalue weighted by molar-refractivity contribution is 5.68. The molecule has 0 unspecified atom stereocenters. The van der Waals surface area contributed by atoms with E-state index < -0.39 is 5.97 Å². The minimum absolute atomic E-state index is 0.00156. The third kappa shape index (κ3) is 3.32. The van der Waals surface area contributed by atoms with Crippen molar-refractivity contribution < 1.29 is 19.4 Å². The van der Waals surface area contributed by atoms with Crippen LogP contribution in [0.2, 0.25) is 0 Å². The van der Waals surface area contributed by atoms with Crippen LogP contribution in [-0.4, -0.2) is 63.5 Å². The van der Waals surface area contributed by atoms with E-state index in [0.29, 0.717) is 6.04 Å². The molecule has 2 saturated carbocycles. The number of carbonyl (C=O) groups is 1. The second-order valence-corrected chi connectivity index (χ2v) is 7.63. The standard InChI is InChI=1S/C18H27N3O4/c1-24-18-5-4-15(25-11-17(22)23)8-16(18)20(7-6-18)10-14-9-19-12-21(14)13-2-3-13/h9,12-13,15-16H,2-8,10-11H2,1H3,(H,22,23)/t15-,16+,18-/m1/s1. The van der Waals surface area contributed by atoms with E-state index in [1.165, 1.54) is 18.5 Å².